The third kappa shape index (κ3) is 5.72. The number of benzene rings is 4. The van der Waals surface area contributed by atoms with Crippen LogP contribution in [-0.4, -0.2) is 50.2 Å². The van der Waals surface area contributed by atoms with E-state index in [0.29, 0.717) is 0 Å². The van der Waals surface area contributed by atoms with E-state index in [2.05, 4.69) is 113 Å². The summed E-state index contributed by atoms with van der Waals surface area (Å²) in [5, 5.41) is 5.33. The van der Waals surface area contributed by atoms with Crippen LogP contribution in [0.25, 0.3) is 21.5 Å². The molecule has 0 spiro atoms. The van der Waals surface area contributed by atoms with E-state index in [9.17, 15) is 0 Å². The molecule has 0 saturated heterocycles. The highest BCUT2D eigenvalue weighted by Gasteiger charge is 2.21. The number of nitrogens with zero attached hydrogens (tertiary/aromatic N) is 2. The van der Waals surface area contributed by atoms with Crippen LogP contribution >= 0.6 is 0 Å². The van der Waals surface area contributed by atoms with Crippen LogP contribution in [0.1, 0.15) is 17.5 Å². The Labute approximate surface area is 187 Å². The van der Waals surface area contributed by atoms with E-state index in [4.69, 9.17) is 0 Å². The summed E-state index contributed by atoms with van der Waals surface area (Å²) in [5.74, 6) is 0. The Morgan fingerprint density at radius 2 is 0.871 bits per heavy atom. The molecule has 0 radical (unpaired) electrons. The average Bonchev–Trinajstić information content (AvgIpc) is 2.72. The zero-order chi connectivity index (χ0) is 21.9. The molecule has 0 aromatic heterocycles. The topological polar surface area (TPSA) is 0 Å². The molecule has 0 heterocycles. The van der Waals surface area contributed by atoms with Gasteiger partial charge in [-0.25, -0.2) is 0 Å². The molecule has 2 heteroatoms. The molecule has 0 fully saturated rings. The lowest BCUT2D eigenvalue weighted by molar-refractivity contribution is -0.922. The summed E-state index contributed by atoms with van der Waals surface area (Å²) in [7, 11) is 9.44. The van der Waals surface area contributed by atoms with Crippen LogP contribution in [-0.2, 0) is 13.1 Å². The second-order valence-corrected chi connectivity index (χ2v) is 10.4. The highest BCUT2D eigenvalue weighted by atomic mass is 15.3. The van der Waals surface area contributed by atoms with Crippen molar-refractivity contribution in [3.05, 3.63) is 96.1 Å². The average molecular weight is 413 g/mol. The van der Waals surface area contributed by atoms with Crippen LogP contribution < -0.4 is 0 Å². The molecule has 0 aliphatic heterocycles. The molecule has 4 aromatic rings. The molecular formula is C29H36N2+2. The van der Waals surface area contributed by atoms with Gasteiger partial charge in [0.05, 0.1) is 41.3 Å². The van der Waals surface area contributed by atoms with E-state index >= 15 is 0 Å². The minimum atomic E-state index is 1.02. The Kier molecular flexibility index (Phi) is 6.13. The first-order valence-electron chi connectivity index (χ1n) is 11.4. The smallest absolute Gasteiger partial charge is 0.104 e. The highest BCUT2D eigenvalue weighted by molar-refractivity contribution is 5.83. The second kappa shape index (κ2) is 8.82. The fourth-order valence-corrected chi connectivity index (χ4v) is 4.75. The SMILES string of the molecule is C[N+](C)(CCC[N+](C)(C)Cc1ccc2ccccc2c1)Cc1ccc2ccccc2c1. The molecule has 0 amide bonds. The van der Waals surface area contributed by atoms with Gasteiger partial charge in [-0.15, -0.1) is 0 Å². The molecule has 31 heavy (non-hydrogen) atoms. The van der Waals surface area contributed by atoms with Gasteiger partial charge in [-0.3, -0.25) is 0 Å². The van der Waals surface area contributed by atoms with Crippen molar-refractivity contribution >= 4 is 21.5 Å². The van der Waals surface area contributed by atoms with Crippen molar-refractivity contribution in [2.24, 2.45) is 0 Å². The maximum Gasteiger partial charge on any atom is 0.104 e. The van der Waals surface area contributed by atoms with E-state index in [1.54, 1.807) is 0 Å². The zero-order valence-corrected chi connectivity index (χ0v) is 19.5. The van der Waals surface area contributed by atoms with E-state index in [1.165, 1.54) is 52.2 Å². The lowest BCUT2D eigenvalue weighted by Crippen LogP contribution is -2.44. The summed E-state index contributed by atoms with van der Waals surface area (Å²) in [6.45, 7) is 4.52. The molecule has 0 N–H and O–H groups in total. The summed E-state index contributed by atoms with van der Waals surface area (Å²) < 4.78 is 2.04. The van der Waals surface area contributed by atoms with Crippen molar-refractivity contribution in [1.82, 2.24) is 0 Å². The van der Waals surface area contributed by atoms with Gasteiger partial charge in [0, 0.05) is 17.5 Å². The van der Waals surface area contributed by atoms with Crippen LogP contribution in [0.3, 0.4) is 0 Å². The van der Waals surface area contributed by atoms with Gasteiger partial charge in [0.2, 0.25) is 0 Å². The Bertz CT molecular complexity index is 1080. The standard InChI is InChI=1S/C29H36N2/c1-30(2,22-24-14-16-26-10-5-7-12-28(26)20-24)18-9-19-31(3,4)23-25-15-17-27-11-6-8-13-29(27)21-25/h5-8,10-17,20-21H,9,18-19,22-23H2,1-4H3/q+2. The van der Waals surface area contributed by atoms with Crippen LogP contribution in [0.4, 0.5) is 0 Å². The Balaban J connectivity index is 1.33. The van der Waals surface area contributed by atoms with Gasteiger partial charge in [-0.1, -0.05) is 72.8 Å². The molecule has 0 saturated carbocycles. The van der Waals surface area contributed by atoms with Crippen molar-refractivity contribution in [2.75, 3.05) is 41.3 Å². The molecule has 0 atom stereocenters. The monoisotopic (exact) mass is 412 g/mol. The first-order valence-corrected chi connectivity index (χ1v) is 11.4. The molecule has 4 aromatic carbocycles. The number of hydrogen-bond acceptors (Lipinski definition) is 0. The quantitative estimate of drug-likeness (QED) is 0.301. The minimum absolute atomic E-state index is 1.02. The molecule has 0 aliphatic rings. The van der Waals surface area contributed by atoms with Gasteiger partial charge in [-0.2, -0.15) is 0 Å². The number of fused-ring (bicyclic) bond motifs is 2. The first kappa shape index (κ1) is 21.5. The summed E-state index contributed by atoms with van der Waals surface area (Å²) in [6.07, 6.45) is 1.22. The largest absolute Gasteiger partial charge is 0.325 e. The van der Waals surface area contributed by atoms with Crippen LogP contribution in [0.15, 0.2) is 84.9 Å². The predicted octanol–water partition coefficient (Wildman–Crippen LogP) is 6.24. The van der Waals surface area contributed by atoms with Crippen molar-refractivity contribution in [2.45, 2.75) is 19.5 Å². The number of hydrogen-bond donors (Lipinski definition) is 0. The van der Waals surface area contributed by atoms with Gasteiger partial charge >= 0.3 is 0 Å². The van der Waals surface area contributed by atoms with Crippen molar-refractivity contribution in [3.8, 4) is 0 Å². The molecule has 2 nitrogen and oxygen atoms in total. The molecule has 160 valence electrons. The van der Waals surface area contributed by atoms with Crippen molar-refractivity contribution < 1.29 is 8.97 Å². The van der Waals surface area contributed by atoms with Gasteiger partial charge in [0.1, 0.15) is 13.1 Å². The molecule has 4 rings (SSSR count). The Hall–Kier alpha value is -2.68. The van der Waals surface area contributed by atoms with Gasteiger partial charge < -0.3 is 8.97 Å². The summed E-state index contributed by atoms with van der Waals surface area (Å²) >= 11 is 0. The highest BCUT2D eigenvalue weighted by Crippen LogP contribution is 2.20. The third-order valence-corrected chi connectivity index (χ3v) is 6.38. The van der Waals surface area contributed by atoms with E-state index in [0.717, 1.165) is 22.1 Å². The normalized spacial score (nSPS) is 12.5. The van der Waals surface area contributed by atoms with Gasteiger partial charge in [-0.05, 0) is 33.7 Å². The first-order chi connectivity index (χ1) is 14.8. The minimum Gasteiger partial charge on any atom is -0.325 e. The second-order valence-electron chi connectivity index (χ2n) is 10.4. The van der Waals surface area contributed by atoms with Crippen LogP contribution in [0.5, 0.6) is 0 Å². The molecule has 0 aliphatic carbocycles. The summed E-state index contributed by atoms with van der Waals surface area (Å²) in [4.78, 5) is 0. The van der Waals surface area contributed by atoms with Crippen LogP contribution in [0, 0.1) is 0 Å². The fraction of sp³-hybridized carbons (Fsp3) is 0.310. The summed E-state index contributed by atoms with van der Waals surface area (Å²) in [5.41, 5.74) is 2.85. The lowest BCUT2D eigenvalue weighted by atomic mass is 10.1. The lowest BCUT2D eigenvalue weighted by Gasteiger charge is -2.34. The van der Waals surface area contributed by atoms with Crippen molar-refractivity contribution in [3.63, 3.8) is 0 Å². The van der Waals surface area contributed by atoms with E-state index in [1.807, 2.05) is 0 Å². The molecular weight excluding hydrogens is 376 g/mol. The number of rotatable bonds is 8. The maximum atomic E-state index is 2.36. The third-order valence-electron chi connectivity index (χ3n) is 6.38. The molecule has 0 bridgehead atoms. The zero-order valence-electron chi connectivity index (χ0n) is 19.5. The van der Waals surface area contributed by atoms with Gasteiger partial charge in [0.25, 0.3) is 0 Å². The Morgan fingerprint density at radius 3 is 1.29 bits per heavy atom. The van der Waals surface area contributed by atoms with Crippen molar-refractivity contribution in [1.29, 1.82) is 0 Å². The maximum absolute atomic E-state index is 2.36. The fourth-order valence-electron chi connectivity index (χ4n) is 4.75. The predicted molar refractivity (Wildman–Crippen MR) is 134 cm³/mol. The molecule has 0 unspecified atom stereocenters. The van der Waals surface area contributed by atoms with E-state index < -0.39 is 0 Å². The summed E-state index contributed by atoms with van der Waals surface area (Å²) in [6, 6.07) is 31.1. The van der Waals surface area contributed by atoms with Crippen LogP contribution in [0.2, 0.25) is 0 Å². The Morgan fingerprint density at radius 1 is 0.484 bits per heavy atom. The number of quaternary nitrogens is 2. The van der Waals surface area contributed by atoms with E-state index in [-0.39, 0.29) is 0 Å². The van der Waals surface area contributed by atoms with Gasteiger partial charge in [0.15, 0.2) is 0 Å².